The number of allylic oxidation sites excluding steroid dienone is 1. The molecule has 0 aromatic carbocycles. The van der Waals surface area contributed by atoms with Crippen LogP contribution in [0.2, 0.25) is 0 Å². The predicted octanol–water partition coefficient (Wildman–Crippen LogP) is 2.73. The SMILES string of the molecule is CC1(C)/C=C\CC(C)(C)NCC1. The lowest BCUT2D eigenvalue weighted by Gasteiger charge is -2.31. The molecule has 0 saturated carbocycles. The summed E-state index contributed by atoms with van der Waals surface area (Å²) >= 11 is 0. The van der Waals surface area contributed by atoms with Crippen molar-refractivity contribution in [2.45, 2.75) is 46.1 Å². The fraction of sp³-hybridized carbons (Fsp3) is 0.818. The first-order valence-corrected chi connectivity index (χ1v) is 4.84. The standard InChI is InChI=1S/C11H21N/c1-10(2)6-5-7-11(3,4)12-9-8-10/h5-6,12H,7-9H2,1-4H3/b6-5-. The highest BCUT2D eigenvalue weighted by atomic mass is 14.9. The largest absolute Gasteiger partial charge is 0.311 e. The maximum atomic E-state index is 3.57. The summed E-state index contributed by atoms with van der Waals surface area (Å²) in [5.74, 6) is 0. The quantitative estimate of drug-likeness (QED) is 0.547. The Hall–Kier alpha value is -0.300. The Morgan fingerprint density at radius 1 is 1.17 bits per heavy atom. The van der Waals surface area contributed by atoms with Gasteiger partial charge in [-0.3, -0.25) is 0 Å². The zero-order valence-corrected chi connectivity index (χ0v) is 8.78. The summed E-state index contributed by atoms with van der Waals surface area (Å²) in [5, 5.41) is 3.57. The van der Waals surface area contributed by atoms with Crippen molar-refractivity contribution in [1.29, 1.82) is 0 Å². The number of hydrogen-bond donors (Lipinski definition) is 1. The number of rotatable bonds is 0. The molecule has 1 heterocycles. The zero-order chi connectivity index (χ0) is 9.24. The van der Waals surface area contributed by atoms with Gasteiger partial charge in [0.2, 0.25) is 0 Å². The highest BCUT2D eigenvalue weighted by Crippen LogP contribution is 2.25. The van der Waals surface area contributed by atoms with Gasteiger partial charge in [0.25, 0.3) is 0 Å². The Morgan fingerprint density at radius 3 is 2.50 bits per heavy atom. The van der Waals surface area contributed by atoms with E-state index in [9.17, 15) is 0 Å². The average Bonchev–Trinajstić information content (AvgIpc) is 1.82. The van der Waals surface area contributed by atoms with Gasteiger partial charge < -0.3 is 5.32 Å². The summed E-state index contributed by atoms with van der Waals surface area (Å²) in [7, 11) is 0. The molecule has 0 unspecified atom stereocenters. The van der Waals surface area contributed by atoms with Crippen molar-refractivity contribution in [2.75, 3.05) is 6.54 Å². The molecule has 1 rings (SSSR count). The van der Waals surface area contributed by atoms with Gasteiger partial charge in [0.1, 0.15) is 0 Å². The van der Waals surface area contributed by atoms with Gasteiger partial charge in [-0.25, -0.2) is 0 Å². The second kappa shape index (κ2) is 3.21. The predicted molar refractivity (Wildman–Crippen MR) is 54.2 cm³/mol. The van der Waals surface area contributed by atoms with E-state index in [-0.39, 0.29) is 5.54 Å². The van der Waals surface area contributed by atoms with Crippen molar-refractivity contribution in [3.63, 3.8) is 0 Å². The van der Waals surface area contributed by atoms with Crippen molar-refractivity contribution >= 4 is 0 Å². The highest BCUT2D eigenvalue weighted by molar-refractivity contribution is 5.01. The lowest BCUT2D eigenvalue weighted by Crippen LogP contribution is -2.41. The van der Waals surface area contributed by atoms with Crippen LogP contribution in [0.15, 0.2) is 12.2 Å². The van der Waals surface area contributed by atoms with Gasteiger partial charge in [0, 0.05) is 5.54 Å². The first kappa shape index (κ1) is 9.79. The van der Waals surface area contributed by atoms with Crippen molar-refractivity contribution < 1.29 is 0 Å². The molecule has 12 heavy (non-hydrogen) atoms. The van der Waals surface area contributed by atoms with Crippen LogP contribution < -0.4 is 5.32 Å². The van der Waals surface area contributed by atoms with Crippen molar-refractivity contribution in [1.82, 2.24) is 5.32 Å². The third-order valence-corrected chi connectivity index (χ3v) is 2.57. The summed E-state index contributed by atoms with van der Waals surface area (Å²) in [6.07, 6.45) is 7.03. The Morgan fingerprint density at radius 2 is 1.83 bits per heavy atom. The van der Waals surface area contributed by atoms with Crippen molar-refractivity contribution in [2.24, 2.45) is 5.41 Å². The fourth-order valence-electron chi connectivity index (χ4n) is 1.55. The molecule has 0 atom stereocenters. The second-order valence-electron chi connectivity index (χ2n) is 5.16. The van der Waals surface area contributed by atoms with Crippen LogP contribution in [0.5, 0.6) is 0 Å². The molecule has 0 spiro atoms. The van der Waals surface area contributed by atoms with Crippen LogP contribution in [0.1, 0.15) is 40.5 Å². The molecule has 0 amide bonds. The van der Waals surface area contributed by atoms with E-state index in [4.69, 9.17) is 0 Å². The molecule has 0 fully saturated rings. The first-order chi connectivity index (χ1) is 5.41. The van der Waals surface area contributed by atoms with Gasteiger partial charge in [-0.05, 0) is 38.6 Å². The Bertz CT molecular complexity index is 177. The minimum Gasteiger partial charge on any atom is -0.311 e. The summed E-state index contributed by atoms with van der Waals surface area (Å²) in [6.45, 7) is 10.2. The minimum atomic E-state index is 0.285. The van der Waals surface area contributed by atoms with Crippen LogP contribution in [-0.2, 0) is 0 Å². The topological polar surface area (TPSA) is 12.0 Å². The molecular formula is C11H21N. The Labute approximate surface area is 76.2 Å². The molecule has 1 N–H and O–H groups in total. The number of hydrogen-bond acceptors (Lipinski definition) is 1. The molecular weight excluding hydrogens is 146 g/mol. The van der Waals surface area contributed by atoms with Crippen LogP contribution in [0.25, 0.3) is 0 Å². The molecule has 1 heteroatoms. The number of nitrogens with one attached hydrogen (secondary N) is 1. The van der Waals surface area contributed by atoms with Gasteiger partial charge >= 0.3 is 0 Å². The molecule has 1 aliphatic heterocycles. The second-order valence-corrected chi connectivity index (χ2v) is 5.16. The first-order valence-electron chi connectivity index (χ1n) is 4.84. The molecule has 0 aromatic heterocycles. The summed E-state index contributed by atoms with van der Waals surface area (Å²) in [6, 6.07) is 0. The maximum absolute atomic E-state index is 3.57. The normalized spacial score (nSPS) is 30.3. The molecule has 0 aromatic rings. The van der Waals surface area contributed by atoms with E-state index in [1.165, 1.54) is 6.42 Å². The lowest BCUT2D eigenvalue weighted by atomic mass is 9.85. The van der Waals surface area contributed by atoms with E-state index in [0.717, 1.165) is 13.0 Å². The van der Waals surface area contributed by atoms with Gasteiger partial charge in [-0.2, -0.15) is 0 Å². The van der Waals surface area contributed by atoms with E-state index in [1.807, 2.05) is 0 Å². The van der Waals surface area contributed by atoms with Crippen LogP contribution in [0, 0.1) is 5.41 Å². The van der Waals surface area contributed by atoms with Crippen LogP contribution in [0.4, 0.5) is 0 Å². The molecule has 0 bridgehead atoms. The summed E-state index contributed by atoms with van der Waals surface area (Å²) in [5.41, 5.74) is 0.663. The average molecular weight is 167 g/mol. The van der Waals surface area contributed by atoms with Gasteiger partial charge in [-0.1, -0.05) is 26.0 Å². The smallest absolute Gasteiger partial charge is 0.0159 e. The third kappa shape index (κ3) is 2.98. The van der Waals surface area contributed by atoms with E-state index in [0.29, 0.717) is 5.41 Å². The van der Waals surface area contributed by atoms with E-state index in [2.05, 4.69) is 45.2 Å². The van der Waals surface area contributed by atoms with Gasteiger partial charge in [-0.15, -0.1) is 0 Å². The van der Waals surface area contributed by atoms with Crippen LogP contribution in [-0.4, -0.2) is 12.1 Å². The van der Waals surface area contributed by atoms with Crippen LogP contribution in [0.3, 0.4) is 0 Å². The maximum Gasteiger partial charge on any atom is 0.0159 e. The molecule has 1 aliphatic rings. The molecule has 0 radical (unpaired) electrons. The van der Waals surface area contributed by atoms with E-state index < -0.39 is 0 Å². The van der Waals surface area contributed by atoms with Crippen molar-refractivity contribution in [3.8, 4) is 0 Å². The highest BCUT2D eigenvalue weighted by Gasteiger charge is 2.21. The van der Waals surface area contributed by atoms with Crippen molar-refractivity contribution in [3.05, 3.63) is 12.2 Å². The fourth-order valence-corrected chi connectivity index (χ4v) is 1.55. The lowest BCUT2D eigenvalue weighted by molar-refractivity contribution is 0.330. The summed E-state index contributed by atoms with van der Waals surface area (Å²) < 4.78 is 0. The van der Waals surface area contributed by atoms with Gasteiger partial charge in [0.05, 0.1) is 0 Å². The minimum absolute atomic E-state index is 0.285. The van der Waals surface area contributed by atoms with E-state index >= 15 is 0 Å². The van der Waals surface area contributed by atoms with Crippen LogP contribution >= 0.6 is 0 Å². The molecule has 0 saturated heterocycles. The zero-order valence-electron chi connectivity index (χ0n) is 8.78. The van der Waals surface area contributed by atoms with Gasteiger partial charge in [0.15, 0.2) is 0 Å². The third-order valence-electron chi connectivity index (χ3n) is 2.57. The summed E-state index contributed by atoms with van der Waals surface area (Å²) in [4.78, 5) is 0. The molecule has 70 valence electrons. The van der Waals surface area contributed by atoms with E-state index in [1.54, 1.807) is 0 Å². The Kier molecular flexibility index (Phi) is 2.62. The molecule has 0 aliphatic carbocycles. The Balaban J connectivity index is 2.63. The molecule has 1 nitrogen and oxygen atoms in total. The monoisotopic (exact) mass is 167 g/mol.